The highest BCUT2D eigenvalue weighted by atomic mass is 32.2. The molecule has 0 aromatic rings. The third-order valence-electron chi connectivity index (χ3n) is 2.70. The SMILES string of the molecule is CCC(C)N(C)CCNS(=O)(=O)CCCO. The Bertz CT molecular complexity index is 267. The maximum Gasteiger partial charge on any atom is 0.211 e. The van der Waals surface area contributed by atoms with E-state index in [1.54, 1.807) is 0 Å². The van der Waals surface area contributed by atoms with Crippen LogP contribution in [0.4, 0.5) is 0 Å². The summed E-state index contributed by atoms with van der Waals surface area (Å²) in [5.41, 5.74) is 0. The average molecular weight is 252 g/mol. The molecule has 0 fully saturated rings. The Hall–Kier alpha value is -0.170. The van der Waals surface area contributed by atoms with Gasteiger partial charge in [-0.2, -0.15) is 0 Å². The second-order valence-electron chi connectivity index (χ2n) is 4.03. The van der Waals surface area contributed by atoms with Crippen molar-refractivity contribution in [2.24, 2.45) is 0 Å². The molecule has 0 aromatic heterocycles. The van der Waals surface area contributed by atoms with Crippen LogP contribution in [-0.4, -0.2) is 57.0 Å². The fraction of sp³-hybridized carbons (Fsp3) is 1.00. The molecular weight excluding hydrogens is 228 g/mol. The molecule has 0 spiro atoms. The first-order valence-electron chi connectivity index (χ1n) is 5.71. The Morgan fingerprint density at radius 3 is 2.56 bits per heavy atom. The van der Waals surface area contributed by atoms with Gasteiger partial charge in [-0.3, -0.25) is 0 Å². The topological polar surface area (TPSA) is 69.6 Å². The highest BCUT2D eigenvalue weighted by Crippen LogP contribution is 1.98. The smallest absolute Gasteiger partial charge is 0.211 e. The fourth-order valence-corrected chi connectivity index (χ4v) is 2.29. The van der Waals surface area contributed by atoms with Gasteiger partial charge in [0.2, 0.25) is 10.0 Å². The van der Waals surface area contributed by atoms with Gasteiger partial charge in [0, 0.05) is 25.7 Å². The van der Waals surface area contributed by atoms with Crippen LogP contribution in [0.2, 0.25) is 0 Å². The van der Waals surface area contributed by atoms with E-state index in [4.69, 9.17) is 5.11 Å². The number of aliphatic hydroxyl groups is 1. The van der Waals surface area contributed by atoms with Crippen LogP contribution in [0, 0.1) is 0 Å². The van der Waals surface area contributed by atoms with E-state index in [1.807, 2.05) is 7.05 Å². The van der Waals surface area contributed by atoms with E-state index in [1.165, 1.54) is 0 Å². The van der Waals surface area contributed by atoms with Crippen molar-refractivity contribution in [3.63, 3.8) is 0 Å². The Morgan fingerprint density at radius 2 is 2.06 bits per heavy atom. The van der Waals surface area contributed by atoms with Crippen molar-refractivity contribution in [1.82, 2.24) is 9.62 Å². The lowest BCUT2D eigenvalue weighted by molar-refractivity contribution is 0.256. The van der Waals surface area contributed by atoms with Crippen molar-refractivity contribution in [3.05, 3.63) is 0 Å². The van der Waals surface area contributed by atoms with E-state index < -0.39 is 10.0 Å². The van der Waals surface area contributed by atoms with Gasteiger partial charge < -0.3 is 10.0 Å². The Labute approximate surface area is 98.9 Å². The Morgan fingerprint density at radius 1 is 1.44 bits per heavy atom. The molecule has 0 saturated carbocycles. The molecule has 0 saturated heterocycles. The first kappa shape index (κ1) is 15.8. The quantitative estimate of drug-likeness (QED) is 0.607. The molecule has 16 heavy (non-hydrogen) atoms. The molecule has 0 rings (SSSR count). The summed E-state index contributed by atoms with van der Waals surface area (Å²) in [6, 6.07) is 0.460. The van der Waals surface area contributed by atoms with Crippen molar-refractivity contribution in [2.45, 2.75) is 32.7 Å². The van der Waals surface area contributed by atoms with Crippen LogP contribution in [0.15, 0.2) is 0 Å². The zero-order valence-electron chi connectivity index (χ0n) is 10.4. The van der Waals surface area contributed by atoms with E-state index in [2.05, 4.69) is 23.5 Å². The van der Waals surface area contributed by atoms with Crippen molar-refractivity contribution in [2.75, 3.05) is 32.5 Å². The monoisotopic (exact) mass is 252 g/mol. The molecule has 1 atom stereocenters. The third kappa shape index (κ3) is 7.16. The highest BCUT2D eigenvalue weighted by Gasteiger charge is 2.10. The molecule has 1 unspecified atom stereocenters. The molecule has 98 valence electrons. The molecule has 0 aliphatic carbocycles. The number of nitrogens with one attached hydrogen (secondary N) is 1. The van der Waals surface area contributed by atoms with Gasteiger partial charge >= 0.3 is 0 Å². The van der Waals surface area contributed by atoms with Gasteiger partial charge in [-0.25, -0.2) is 13.1 Å². The fourth-order valence-electron chi connectivity index (χ4n) is 1.24. The molecule has 2 N–H and O–H groups in total. The summed E-state index contributed by atoms with van der Waals surface area (Å²) < 4.78 is 25.3. The Balaban J connectivity index is 3.80. The molecule has 6 heteroatoms. The summed E-state index contributed by atoms with van der Waals surface area (Å²) in [4.78, 5) is 2.12. The largest absolute Gasteiger partial charge is 0.396 e. The number of rotatable bonds is 9. The first-order valence-corrected chi connectivity index (χ1v) is 7.36. The number of aliphatic hydroxyl groups excluding tert-OH is 1. The van der Waals surface area contributed by atoms with E-state index in [0.29, 0.717) is 19.1 Å². The second-order valence-corrected chi connectivity index (χ2v) is 5.95. The first-order chi connectivity index (χ1) is 7.43. The molecule has 0 aromatic carbocycles. The summed E-state index contributed by atoms with van der Waals surface area (Å²) in [6.07, 6.45) is 1.34. The third-order valence-corrected chi connectivity index (χ3v) is 4.17. The zero-order valence-corrected chi connectivity index (χ0v) is 11.3. The van der Waals surface area contributed by atoms with Gasteiger partial charge in [-0.15, -0.1) is 0 Å². The van der Waals surface area contributed by atoms with Crippen LogP contribution < -0.4 is 4.72 Å². The predicted octanol–water partition coefficient (Wildman–Crippen LogP) is 0.0185. The average Bonchev–Trinajstić information content (AvgIpc) is 2.24. The van der Waals surface area contributed by atoms with Gasteiger partial charge in [0.25, 0.3) is 0 Å². The molecule has 0 aliphatic heterocycles. The minimum atomic E-state index is -3.21. The van der Waals surface area contributed by atoms with Crippen LogP contribution in [-0.2, 0) is 10.0 Å². The second kappa shape index (κ2) is 8.00. The normalized spacial score (nSPS) is 14.3. The zero-order chi connectivity index (χ0) is 12.6. The van der Waals surface area contributed by atoms with E-state index in [9.17, 15) is 8.42 Å². The molecule has 0 aliphatic rings. The van der Waals surface area contributed by atoms with Crippen LogP contribution in [0.3, 0.4) is 0 Å². The van der Waals surface area contributed by atoms with Gasteiger partial charge in [0.05, 0.1) is 5.75 Å². The lowest BCUT2D eigenvalue weighted by atomic mass is 10.2. The van der Waals surface area contributed by atoms with Gasteiger partial charge in [0.1, 0.15) is 0 Å². The lowest BCUT2D eigenvalue weighted by Crippen LogP contribution is -2.37. The van der Waals surface area contributed by atoms with Gasteiger partial charge in [0.15, 0.2) is 0 Å². The minimum Gasteiger partial charge on any atom is -0.396 e. The number of nitrogens with zero attached hydrogens (tertiary/aromatic N) is 1. The Kier molecular flexibility index (Phi) is 7.91. The van der Waals surface area contributed by atoms with Crippen LogP contribution in [0.25, 0.3) is 0 Å². The van der Waals surface area contributed by atoms with Crippen LogP contribution in [0.5, 0.6) is 0 Å². The summed E-state index contributed by atoms with van der Waals surface area (Å²) in [5.74, 6) is -0.00343. The van der Waals surface area contributed by atoms with Gasteiger partial charge in [-0.1, -0.05) is 6.92 Å². The number of sulfonamides is 1. The van der Waals surface area contributed by atoms with Crippen molar-refractivity contribution in [1.29, 1.82) is 0 Å². The molecule has 0 amide bonds. The summed E-state index contributed by atoms with van der Waals surface area (Å²) in [6.45, 7) is 5.25. The van der Waals surface area contributed by atoms with Crippen molar-refractivity contribution in [3.8, 4) is 0 Å². The van der Waals surface area contributed by atoms with Crippen LogP contribution >= 0.6 is 0 Å². The predicted molar refractivity (Wildman–Crippen MR) is 65.9 cm³/mol. The molecule has 0 radical (unpaired) electrons. The number of likely N-dealkylation sites (N-methyl/N-ethyl adjacent to an activating group) is 1. The maximum absolute atomic E-state index is 11.4. The molecule has 0 heterocycles. The summed E-state index contributed by atoms with van der Waals surface area (Å²) in [5, 5.41) is 8.55. The van der Waals surface area contributed by atoms with E-state index in [0.717, 1.165) is 6.42 Å². The minimum absolute atomic E-state index is 0.00343. The van der Waals surface area contributed by atoms with E-state index >= 15 is 0 Å². The molecule has 0 bridgehead atoms. The summed E-state index contributed by atoms with van der Waals surface area (Å²) in [7, 11) is -1.23. The van der Waals surface area contributed by atoms with E-state index in [-0.39, 0.29) is 18.8 Å². The van der Waals surface area contributed by atoms with Crippen molar-refractivity contribution < 1.29 is 13.5 Å². The maximum atomic E-state index is 11.4. The van der Waals surface area contributed by atoms with Gasteiger partial charge in [-0.05, 0) is 26.8 Å². The van der Waals surface area contributed by atoms with Crippen molar-refractivity contribution >= 4 is 10.0 Å². The standard InChI is InChI=1S/C10H24N2O3S/c1-4-10(2)12(3)7-6-11-16(14,15)9-5-8-13/h10-11,13H,4-9H2,1-3H3. The molecule has 5 nitrogen and oxygen atoms in total. The number of hydrogen-bond donors (Lipinski definition) is 2. The highest BCUT2D eigenvalue weighted by molar-refractivity contribution is 7.89. The number of hydrogen-bond acceptors (Lipinski definition) is 4. The summed E-state index contributed by atoms with van der Waals surface area (Å²) >= 11 is 0. The molecular formula is C10H24N2O3S. The van der Waals surface area contributed by atoms with Crippen LogP contribution in [0.1, 0.15) is 26.7 Å². The lowest BCUT2D eigenvalue weighted by Gasteiger charge is -2.23.